The number of ether oxygens (including phenoxy) is 1. The van der Waals surface area contributed by atoms with E-state index in [1.54, 1.807) is 0 Å². The molecule has 0 saturated carbocycles. The molecule has 0 aliphatic carbocycles. The van der Waals surface area contributed by atoms with E-state index in [9.17, 15) is 0 Å². The van der Waals surface area contributed by atoms with Gasteiger partial charge in [-0.2, -0.15) is 0 Å². The summed E-state index contributed by atoms with van der Waals surface area (Å²) in [6, 6.07) is 3.95. The third-order valence-corrected chi connectivity index (χ3v) is 4.88. The van der Waals surface area contributed by atoms with Gasteiger partial charge in [0.1, 0.15) is 6.61 Å². The lowest BCUT2D eigenvalue weighted by Gasteiger charge is -2.32. The fourth-order valence-electron chi connectivity index (χ4n) is 2.61. The third kappa shape index (κ3) is 3.06. The predicted molar refractivity (Wildman–Crippen MR) is 96.8 cm³/mol. The van der Waals surface area contributed by atoms with Gasteiger partial charge in [0.15, 0.2) is 0 Å². The maximum Gasteiger partial charge on any atom is 0.494 e. The highest BCUT2D eigenvalue weighted by molar-refractivity contribution is 6.54. The van der Waals surface area contributed by atoms with Crippen LogP contribution in [0.1, 0.15) is 39.0 Å². The SMILES string of the molecule is C=C1/C=C\C=C(\B2OC(C)(C)C(C)(C)O2)COc2nc(C)ccc21. The quantitative estimate of drug-likeness (QED) is 0.734. The van der Waals surface area contributed by atoms with Gasteiger partial charge in [0, 0.05) is 11.3 Å². The van der Waals surface area contributed by atoms with Gasteiger partial charge in [0.2, 0.25) is 5.88 Å². The Morgan fingerprint density at radius 3 is 2.46 bits per heavy atom. The van der Waals surface area contributed by atoms with E-state index in [1.807, 2.05) is 65.0 Å². The maximum absolute atomic E-state index is 6.13. The van der Waals surface area contributed by atoms with Crippen LogP contribution < -0.4 is 4.74 Å². The summed E-state index contributed by atoms with van der Waals surface area (Å²) in [5, 5.41) is 0. The van der Waals surface area contributed by atoms with Crippen molar-refractivity contribution in [1.82, 2.24) is 4.98 Å². The number of allylic oxidation sites excluding steroid dienone is 4. The van der Waals surface area contributed by atoms with Crippen LogP contribution in [-0.4, -0.2) is 29.9 Å². The summed E-state index contributed by atoms with van der Waals surface area (Å²) in [6.07, 6.45) is 5.89. The topological polar surface area (TPSA) is 40.6 Å². The van der Waals surface area contributed by atoms with Gasteiger partial charge in [0.25, 0.3) is 0 Å². The molecule has 0 aromatic carbocycles. The zero-order chi connectivity index (χ0) is 17.5. The molecule has 126 valence electrons. The van der Waals surface area contributed by atoms with Crippen molar-refractivity contribution >= 4 is 12.7 Å². The molecule has 0 radical (unpaired) electrons. The van der Waals surface area contributed by atoms with E-state index in [2.05, 4.69) is 11.6 Å². The lowest BCUT2D eigenvalue weighted by molar-refractivity contribution is 0.00578. The molecule has 1 aromatic rings. The van der Waals surface area contributed by atoms with Crippen LogP contribution in [0, 0.1) is 6.92 Å². The highest BCUT2D eigenvalue weighted by Gasteiger charge is 2.52. The normalized spacial score (nSPS) is 25.6. The van der Waals surface area contributed by atoms with Gasteiger partial charge in [-0.15, -0.1) is 0 Å². The summed E-state index contributed by atoms with van der Waals surface area (Å²) < 4.78 is 18.2. The molecule has 3 heterocycles. The summed E-state index contributed by atoms with van der Waals surface area (Å²) in [7, 11) is -0.431. The van der Waals surface area contributed by atoms with Crippen molar-refractivity contribution in [3.05, 3.63) is 53.7 Å². The van der Waals surface area contributed by atoms with Crippen molar-refractivity contribution in [1.29, 1.82) is 0 Å². The van der Waals surface area contributed by atoms with Crippen molar-refractivity contribution in [2.75, 3.05) is 6.61 Å². The average Bonchev–Trinajstić information content (AvgIpc) is 2.74. The van der Waals surface area contributed by atoms with Crippen LogP contribution in [0.2, 0.25) is 0 Å². The summed E-state index contributed by atoms with van der Waals surface area (Å²) in [5.74, 6) is 0.592. The van der Waals surface area contributed by atoms with E-state index in [-0.39, 0.29) is 11.2 Å². The maximum atomic E-state index is 6.13. The minimum absolute atomic E-state index is 0.359. The Balaban J connectivity index is 1.89. The van der Waals surface area contributed by atoms with Crippen molar-refractivity contribution in [3.8, 4) is 5.88 Å². The minimum atomic E-state index is -0.431. The number of aromatic nitrogens is 1. The summed E-state index contributed by atoms with van der Waals surface area (Å²) >= 11 is 0. The molecule has 1 fully saturated rings. The first-order valence-corrected chi connectivity index (χ1v) is 8.22. The first-order valence-electron chi connectivity index (χ1n) is 8.22. The smallest absolute Gasteiger partial charge is 0.473 e. The van der Waals surface area contributed by atoms with Gasteiger partial charge in [-0.3, -0.25) is 0 Å². The van der Waals surface area contributed by atoms with E-state index in [0.717, 1.165) is 22.3 Å². The van der Waals surface area contributed by atoms with E-state index < -0.39 is 7.12 Å². The summed E-state index contributed by atoms with van der Waals surface area (Å²) in [6.45, 7) is 14.6. The van der Waals surface area contributed by atoms with Gasteiger partial charge in [0.05, 0.1) is 11.2 Å². The van der Waals surface area contributed by atoms with Crippen LogP contribution in [0.4, 0.5) is 0 Å². The molecule has 24 heavy (non-hydrogen) atoms. The molecule has 5 heteroatoms. The monoisotopic (exact) mass is 325 g/mol. The van der Waals surface area contributed by atoms with Crippen LogP contribution >= 0.6 is 0 Å². The Hall–Kier alpha value is -1.85. The molecular weight excluding hydrogens is 301 g/mol. The largest absolute Gasteiger partial charge is 0.494 e. The first-order chi connectivity index (χ1) is 11.2. The molecule has 0 spiro atoms. The minimum Gasteiger partial charge on any atom is -0.473 e. The standard InChI is InChI=1S/C19H24BNO3/c1-13-8-7-9-15(20-23-18(3,4)19(5,6)24-20)12-22-17-16(13)11-10-14(2)21-17/h7-11H,1,12H2,2-6H3/b8-7-,15-9+. The molecule has 2 aliphatic heterocycles. The second-order valence-corrected chi connectivity index (χ2v) is 7.31. The number of hydrogen-bond acceptors (Lipinski definition) is 4. The highest BCUT2D eigenvalue weighted by atomic mass is 16.7. The molecule has 4 nitrogen and oxygen atoms in total. The lowest BCUT2D eigenvalue weighted by atomic mass is 9.78. The molecule has 0 unspecified atom stereocenters. The van der Waals surface area contributed by atoms with Gasteiger partial charge in [-0.05, 0) is 57.8 Å². The highest BCUT2D eigenvalue weighted by Crippen LogP contribution is 2.39. The molecule has 0 bridgehead atoms. The third-order valence-electron chi connectivity index (χ3n) is 4.88. The molecular formula is C19H24BNO3. The lowest BCUT2D eigenvalue weighted by Crippen LogP contribution is -2.41. The fourth-order valence-corrected chi connectivity index (χ4v) is 2.61. The Morgan fingerprint density at radius 1 is 1.12 bits per heavy atom. The van der Waals surface area contributed by atoms with E-state index in [0.29, 0.717) is 12.5 Å². The number of hydrogen-bond donors (Lipinski definition) is 0. The number of pyridine rings is 1. The first kappa shape index (κ1) is 17.0. The second kappa shape index (κ2) is 5.90. The van der Waals surface area contributed by atoms with Gasteiger partial charge >= 0.3 is 7.12 Å². The molecule has 0 N–H and O–H groups in total. The second-order valence-electron chi connectivity index (χ2n) is 7.31. The average molecular weight is 325 g/mol. The number of aryl methyl sites for hydroxylation is 1. The Morgan fingerprint density at radius 2 is 1.79 bits per heavy atom. The predicted octanol–water partition coefficient (Wildman–Crippen LogP) is 3.91. The van der Waals surface area contributed by atoms with Crippen LogP contribution in [0.15, 0.2) is 42.4 Å². The molecule has 0 atom stereocenters. The Labute approximate surface area is 144 Å². The summed E-state index contributed by atoms with van der Waals surface area (Å²) in [4.78, 5) is 4.50. The van der Waals surface area contributed by atoms with E-state index in [1.165, 1.54) is 0 Å². The zero-order valence-electron chi connectivity index (χ0n) is 15.1. The van der Waals surface area contributed by atoms with E-state index in [4.69, 9.17) is 14.0 Å². The molecule has 3 rings (SSSR count). The van der Waals surface area contributed by atoms with Crippen molar-refractivity contribution < 1.29 is 14.0 Å². The van der Waals surface area contributed by atoms with Crippen LogP contribution in [0.5, 0.6) is 5.88 Å². The molecule has 2 aliphatic rings. The number of fused-ring (bicyclic) bond motifs is 1. The van der Waals surface area contributed by atoms with Gasteiger partial charge in [-0.25, -0.2) is 4.98 Å². The molecule has 0 amide bonds. The van der Waals surface area contributed by atoms with Crippen molar-refractivity contribution in [3.63, 3.8) is 0 Å². The van der Waals surface area contributed by atoms with Crippen LogP contribution in [0.3, 0.4) is 0 Å². The molecule has 1 saturated heterocycles. The molecule has 1 aromatic heterocycles. The Kier molecular flexibility index (Phi) is 4.18. The van der Waals surface area contributed by atoms with Crippen molar-refractivity contribution in [2.45, 2.75) is 45.8 Å². The van der Waals surface area contributed by atoms with Gasteiger partial charge in [-0.1, -0.05) is 24.8 Å². The number of rotatable bonds is 1. The Bertz CT molecular complexity index is 718. The van der Waals surface area contributed by atoms with Gasteiger partial charge < -0.3 is 14.0 Å². The summed E-state index contributed by atoms with van der Waals surface area (Å²) in [5.41, 5.74) is 2.85. The zero-order valence-corrected chi connectivity index (χ0v) is 15.1. The number of nitrogens with zero attached hydrogens (tertiary/aromatic N) is 1. The van der Waals surface area contributed by atoms with Crippen LogP contribution in [0.25, 0.3) is 5.57 Å². The van der Waals surface area contributed by atoms with Crippen LogP contribution in [-0.2, 0) is 9.31 Å². The van der Waals surface area contributed by atoms with Crippen molar-refractivity contribution in [2.24, 2.45) is 0 Å². The fraction of sp³-hybridized carbons (Fsp3) is 0.421. The van der Waals surface area contributed by atoms with E-state index >= 15 is 0 Å².